The largest absolute Gasteiger partial charge is 0.497 e. The fourth-order valence-electron chi connectivity index (χ4n) is 6.13. The van der Waals surface area contributed by atoms with Crippen molar-refractivity contribution in [2.75, 3.05) is 33.9 Å². The molecule has 10 heteroatoms. The molecule has 1 fully saturated rings. The smallest absolute Gasteiger partial charge is 0.272 e. The van der Waals surface area contributed by atoms with Crippen molar-refractivity contribution in [1.29, 1.82) is 0 Å². The molecule has 1 N–H and O–H groups in total. The highest BCUT2D eigenvalue weighted by Crippen LogP contribution is 2.42. The Kier molecular flexibility index (Phi) is 8.00. The summed E-state index contributed by atoms with van der Waals surface area (Å²) in [4.78, 5) is 30.9. The molecule has 0 unspecified atom stereocenters. The van der Waals surface area contributed by atoms with Gasteiger partial charge in [0.1, 0.15) is 22.9 Å². The Hall–Kier alpha value is -3.63. The van der Waals surface area contributed by atoms with Crippen molar-refractivity contribution < 1.29 is 19.1 Å². The van der Waals surface area contributed by atoms with Crippen LogP contribution in [0.4, 0.5) is 0 Å². The van der Waals surface area contributed by atoms with Gasteiger partial charge in [0.25, 0.3) is 5.91 Å². The number of piperidine rings is 1. The van der Waals surface area contributed by atoms with Crippen LogP contribution in [0.2, 0.25) is 0 Å². The number of rotatable bonds is 8. The van der Waals surface area contributed by atoms with E-state index in [1.165, 1.54) is 0 Å². The molecule has 40 heavy (non-hydrogen) atoms. The fraction of sp³-hybridized carbons (Fsp3) is 0.433. The third-order valence-electron chi connectivity index (χ3n) is 8.08. The molecule has 2 aliphatic heterocycles. The number of likely N-dealkylation sites (tertiary alicyclic amines) is 1. The maximum absolute atomic E-state index is 13.6. The normalized spacial score (nSPS) is 18.5. The predicted molar refractivity (Wildman–Crippen MR) is 156 cm³/mol. The quantitative estimate of drug-likeness (QED) is 0.409. The molecule has 5 rings (SSSR count). The molecule has 212 valence electrons. The van der Waals surface area contributed by atoms with E-state index < -0.39 is 5.54 Å². The van der Waals surface area contributed by atoms with Crippen LogP contribution in [0.1, 0.15) is 54.2 Å². The minimum atomic E-state index is -0.450. The molecule has 0 spiro atoms. The first-order valence-electron chi connectivity index (χ1n) is 13.6. The van der Waals surface area contributed by atoms with Gasteiger partial charge in [0, 0.05) is 43.4 Å². The number of nitrogens with zero attached hydrogens (tertiary/aromatic N) is 4. The van der Waals surface area contributed by atoms with Crippen molar-refractivity contribution >= 4 is 23.7 Å². The number of amides is 2. The number of aromatic nitrogens is 2. The summed E-state index contributed by atoms with van der Waals surface area (Å²) in [5, 5.41) is 10.3. The van der Waals surface area contributed by atoms with Crippen LogP contribution < -0.4 is 14.8 Å². The number of carbonyl (C=O) groups excluding carboxylic acids is 2. The number of methoxy groups -OCH3 is 2. The monoisotopic (exact) mass is 563 g/mol. The van der Waals surface area contributed by atoms with Crippen LogP contribution >= 0.6 is 11.3 Å². The summed E-state index contributed by atoms with van der Waals surface area (Å²) in [7, 11) is 5.11. The van der Waals surface area contributed by atoms with E-state index in [9.17, 15) is 9.59 Å². The third-order valence-corrected chi connectivity index (χ3v) is 8.97. The van der Waals surface area contributed by atoms with Gasteiger partial charge in [-0.1, -0.05) is 26.0 Å². The van der Waals surface area contributed by atoms with E-state index in [2.05, 4.69) is 30.3 Å². The van der Waals surface area contributed by atoms with E-state index in [1.54, 1.807) is 35.1 Å². The molecule has 2 aromatic heterocycles. The average Bonchev–Trinajstić information content (AvgIpc) is 3.61. The number of thiophene rings is 1. The molecule has 2 aliphatic rings. The van der Waals surface area contributed by atoms with Crippen LogP contribution in [0.3, 0.4) is 0 Å². The lowest BCUT2D eigenvalue weighted by atomic mass is 9.81. The second kappa shape index (κ2) is 11.5. The maximum Gasteiger partial charge on any atom is 0.272 e. The van der Waals surface area contributed by atoms with Gasteiger partial charge in [-0.2, -0.15) is 5.10 Å². The molecular weight excluding hydrogens is 526 g/mol. The number of likely N-dealkylation sites (N-methyl/N-ethyl adjacent to an activating group) is 1. The Morgan fingerprint density at radius 2 is 2.00 bits per heavy atom. The molecule has 0 radical (unpaired) electrons. The van der Waals surface area contributed by atoms with Gasteiger partial charge in [0.15, 0.2) is 0 Å². The summed E-state index contributed by atoms with van der Waals surface area (Å²) >= 11 is 1.61. The Bertz CT molecular complexity index is 1410. The van der Waals surface area contributed by atoms with Crippen molar-refractivity contribution in [3.63, 3.8) is 0 Å². The topological polar surface area (TPSA) is 88.9 Å². The highest BCUT2D eigenvalue weighted by atomic mass is 32.1. The minimum Gasteiger partial charge on any atom is -0.497 e. The van der Waals surface area contributed by atoms with Crippen LogP contribution in [0, 0.1) is 0 Å². The summed E-state index contributed by atoms with van der Waals surface area (Å²) in [6.07, 6.45) is 4.46. The Morgan fingerprint density at radius 1 is 1.23 bits per heavy atom. The standard InChI is InChI=1S/C30H37N5O4S/c1-6-31-30(27-14-20(2)28-21(18-35(27)19-36)15-22(38-4)16-25(28)39-5)9-11-34(12-10-30)29(37)24-17-23(32-33(24)3)26-8-7-13-40-26/h7-8,13-17,19-20,31H,6,9-12,18H2,1-5H3/t20-/m0/s1. The number of ether oxygens (including phenoxy) is 2. The van der Waals surface area contributed by atoms with Gasteiger partial charge >= 0.3 is 0 Å². The lowest BCUT2D eigenvalue weighted by Crippen LogP contribution is -2.58. The summed E-state index contributed by atoms with van der Waals surface area (Å²) < 4.78 is 12.9. The molecule has 9 nitrogen and oxygen atoms in total. The van der Waals surface area contributed by atoms with Crippen LogP contribution in [0.5, 0.6) is 11.5 Å². The maximum atomic E-state index is 13.6. The number of hydrogen-bond donors (Lipinski definition) is 1. The molecule has 0 saturated carbocycles. The zero-order valence-corrected chi connectivity index (χ0v) is 24.6. The SMILES string of the molecule is CCNC1(C2=C[C@H](C)c3c(cc(OC)cc3OC)CN2C=O)CCN(C(=O)c2cc(-c3cccs3)nn2C)CC1. The first-order chi connectivity index (χ1) is 19.3. The summed E-state index contributed by atoms with van der Waals surface area (Å²) in [5.74, 6) is 1.43. The molecule has 0 aliphatic carbocycles. The van der Waals surface area contributed by atoms with Gasteiger partial charge < -0.3 is 24.6 Å². The Morgan fingerprint density at radius 3 is 2.62 bits per heavy atom. The van der Waals surface area contributed by atoms with Gasteiger partial charge in [-0.3, -0.25) is 14.3 Å². The Labute approximate surface area is 239 Å². The van der Waals surface area contributed by atoms with Crippen molar-refractivity contribution in [3.8, 4) is 22.1 Å². The number of hydrogen-bond acceptors (Lipinski definition) is 7. The van der Waals surface area contributed by atoms with E-state index in [1.807, 2.05) is 47.7 Å². The van der Waals surface area contributed by atoms with Crippen LogP contribution in [-0.2, 0) is 18.4 Å². The highest BCUT2D eigenvalue weighted by molar-refractivity contribution is 7.13. The zero-order valence-electron chi connectivity index (χ0n) is 23.8. The molecule has 3 aromatic rings. The first-order valence-corrected chi connectivity index (χ1v) is 14.5. The van der Waals surface area contributed by atoms with Crippen molar-refractivity contribution in [3.05, 3.63) is 64.3 Å². The van der Waals surface area contributed by atoms with Gasteiger partial charge in [0.05, 0.1) is 31.2 Å². The highest BCUT2D eigenvalue weighted by Gasteiger charge is 2.42. The second-order valence-electron chi connectivity index (χ2n) is 10.4. The molecule has 4 heterocycles. The number of carbonyl (C=O) groups is 2. The average molecular weight is 564 g/mol. The van der Waals surface area contributed by atoms with Crippen LogP contribution in [-0.4, -0.2) is 71.3 Å². The molecule has 1 aromatic carbocycles. The molecule has 0 bridgehead atoms. The molecule has 2 amide bonds. The van der Waals surface area contributed by atoms with E-state index in [-0.39, 0.29) is 11.8 Å². The van der Waals surface area contributed by atoms with E-state index in [0.717, 1.165) is 46.1 Å². The zero-order chi connectivity index (χ0) is 28.4. The number of benzene rings is 1. The van der Waals surface area contributed by atoms with Gasteiger partial charge in [-0.25, -0.2) is 0 Å². The minimum absolute atomic E-state index is 0.0103. The second-order valence-corrected chi connectivity index (χ2v) is 11.3. The van der Waals surface area contributed by atoms with Crippen molar-refractivity contribution in [2.45, 2.75) is 44.7 Å². The number of aryl methyl sites for hydroxylation is 1. The number of allylic oxidation sites excluding steroid dienone is 1. The van der Waals surface area contributed by atoms with Crippen molar-refractivity contribution in [2.24, 2.45) is 7.05 Å². The summed E-state index contributed by atoms with van der Waals surface area (Å²) in [6, 6.07) is 9.75. The lowest BCUT2D eigenvalue weighted by molar-refractivity contribution is -0.117. The Balaban J connectivity index is 1.42. The van der Waals surface area contributed by atoms with Gasteiger partial charge in [-0.15, -0.1) is 11.3 Å². The number of nitrogens with one attached hydrogen (secondary N) is 1. The summed E-state index contributed by atoms with van der Waals surface area (Å²) in [6.45, 7) is 6.49. The molecule has 1 saturated heterocycles. The molecular formula is C30H37N5O4S. The summed E-state index contributed by atoms with van der Waals surface area (Å²) in [5.41, 5.74) is 3.94. The first kappa shape index (κ1) is 27.9. The van der Waals surface area contributed by atoms with E-state index in [4.69, 9.17) is 9.47 Å². The molecule has 1 atom stereocenters. The third kappa shape index (κ3) is 5.01. The fourth-order valence-corrected chi connectivity index (χ4v) is 6.81. The number of fused-ring (bicyclic) bond motifs is 1. The lowest BCUT2D eigenvalue weighted by Gasteiger charge is -2.46. The van der Waals surface area contributed by atoms with E-state index >= 15 is 0 Å². The van der Waals surface area contributed by atoms with Gasteiger partial charge in [-0.05, 0) is 48.5 Å². The van der Waals surface area contributed by atoms with Crippen LogP contribution in [0.15, 0.2) is 47.5 Å². The predicted octanol–water partition coefficient (Wildman–Crippen LogP) is 4.41. The van der Waals surface area contributed by atoms with Crippen molar-refractivity contribution in [1.82, 2.24) is 24.9 Å². The van der Waals surface area contributed by atoms with E-state index in [0.29, 0.717) is 43.9 Å². The van der Waals surface area contributed by atoms with Crippen LogP contribution in [0.25, 0.3) is 10.6 Å². The van der Waals surface area contributed by atoms with Gasteiger partial charge in [0.2, 0.25) is 6.41 Å².